The van der Waals surface area contributed by atoms with E-state index in [-0.39, 0.29) is 5.75 Å². The minimum absolute atomic E-state index is 0.251. The zero-order valence-corrected chi connectivity index (χ0v) is 10.5. The summed E-state index contributed by atoms with van der Waals surface area (Å²) in [5.41, 5.74) is 1.08. The molecule has 3 nitrogen and oxygen atoms in total. The van der Waals surface area contributed by atoms with Gasteiger partial charge in [0, 0.05) is 32.7 Å². The fraction of sp³-hybridized carbons (Fsp3) is 0.538. The van der Waals surface area contributed by atoms with Crippen molar-refractivity contribution in [1.29, 1.82) is 0 Å². The highest BCUT2D eigenvalue weighted by Gasteiger charge is 2.28. The first kappa shape index (κ1) is 14.1. The Morgan fingerprint density at radius 1 is 1.11 bits per heavy atom. The Labute approximate surface area is 110 Å². The van der Waals surface area contributed by atoms with Gasteiger partial charge in [0.2, 0.25) is 0 Å². The average molecular weight is 274 g/mol. The topological polar surface area (TPSA) is 24.5 Å². The fourth-order valence-corrected chi connectivity index (χ4v) is 1.98. The van der Waals surface area contributed by atoms with Crippen molar-refractivity contribution in [2.75, 3.05) is 32.8 Å². The summed E-state index contributed by atoms with van der Waals surface area (Å²) >= 11 is 0. The van der Waals surface area contributed by atoms with Gasteiger partial charge in [0.05, 0.1) is 0 Å². The van der Waals surface area contributed by atoms with Crippen LogP contribution in [0.25, 0.3) is 0 Å². The van der Waals surface area contributed by atoms with Crippen LogP contribution in [0, 0.1) is 0 Å². The first-order valence-electron chi connectivity index (χ1n) is 6.24. The van der Waals surface area contributed by atoms with E-state index in [0.29, 0.717) is 0 Å². The highest BCUT2D eigenvalue weighted by atomic mass is 19.4. The van der Waals surface area contributed by atoms with Crippen LogP contribution in [-0.2, 0) is 6.54 Å². The molecule has 106 valence electrons. The largest absolute Gasteiger partial charge is 0.484 e. The van der Waals surface area contributed by atoms with Gasteiger partial charge in [-0.2, -0.15) is 13.2 Å². The van der Waals surface area contributed by atoms with Crippen molar-refractivity contribution in [2.45, 2.75) is 12.7 Å². The molecule has 1 heterocycles. The molecule has 1 aliphatic rings. The van der Waals surface area contributed by atoms with E-state index in [1.54, 1.807) is 12.1 Å². The van der Waals surface area contributed by atoms with Crippen LogP contribution in [0.3, 0.4) is 0 Å². The SMILES string of the molecule is FC(F)(F)COc1ccc(CN2CCNCC2)cc1. The highest BCUT2D eigenvalue weighted by molar-refractivity contribution is 5.27. The molecule has 1 aliphatic heterocycles. The summed E-state index contributed by atoms with van der Waals surface area (Å²) in [6.07, 6.45) is -4.29. The van der Waals surface area contributed by atoms with Crippen molar-refractivity contribution < 1.29 is 17.9 Å². The number of alkyl halides is 3. The number of nitrogens with one attached hydrogen (secondary N) is 1. The van der Waals surface area contributed by atoms with Gasteiger partial charge in [0.1, 0.15) is 5.75 Å². The fourth-order valence-electron chi connectivity index (χ4n) is 1.98. The van der Waals surface area contributed by atoms with Crippen molar-refractivity contribution in [3.63, 3.8) is 0 Å². The molecule has 1 aromatic rings. The van der Waals surface area contributed by atoms with Gasteiger partial charge >= 0.3 is 6.18 Å². The minimum Gasteiger partial charge on any atom is -0.484 e. The van der Waals surface area contributed by atoms with Gasteiger partial charge in [-0.1, -0.05) is 12.1 Å². The molecular formula is C13H17F3N2O. The molecule has 6 heteroatoms. The molecule has 1 saturated heterocycles. The first-order valence-corrected chi connectivity index (χ1v) is 6.24. The Morgan fingerprint density at radius 2 is 1.74 bits per heavy atom. The van der Waals surface area contributed by atoms with E-state index in [1.807, 2.05) is 12.1 Å². The van der Waals surface area contributed by atoms with Crippen LogP contribution >= 0.6 is 0 Å². The molecule has 0 aromatic heterocycles. The van der Waals surface area contributed by atoms with Gasteiger partial charge < -0.3 is 10.1 Å². The second-order valence-corrected chi connectivity index (χ2v) is 4.57. The molecule has 2 rings (SSSR count). The molecule has 0 bridgehead atoms. The summed E-state index contributed by atoms with van der Waals surface area (Å²) in [5.74, 6) is 0.251. The molecular weight excluding hydrogens is 257 g/mol. The molecule has 1 aromatic carbocycles. The van der Waals surface area contributed by atoms with Gasteiger partial charge in [0.15, 0.2) is 6.61 Å². The molecule has 1 N–H and O–H groups in total. The first-order chi connectivity index (χ1) is 9.03. The van der Waals surface area contributed by atoms with Gasteiger partial charge in [-0.25, -0.2) is 0 Å². The molecule has 0 saturated carbocycles. The van der Waals surface area contributed by atoms with Crippen LogP contribution in [0.5, 0.6) is 5.75 Å². The Kier molecular flexibility index (Phi) is 4.66. The number of rotatable bonds is 4. The Balaban J connectivity index is 1.83. The van der Waals surface area contributed by atoms with Gasteiger partial charge in [-0.05, 0) is 17.7 Å². The van der Waals surface area contributed by atoms with E-state index in [4.69, 9.17) is 0 Å². The standard InChI is InChI=1S/C13H17F3N2O/c14-13(15,16)10-19-12-3-1-11(2-4-12)9-18-7-5-17-6-8-18/h1-4,17H,5-10H2. The van der Waals surface area contributed by atoms with Crippen molar-refractivity contribution in [2.24, 2.45) is 0 Å². The molecule has 0 aliphatic carbocycles. The summed E-state index contributed by atoms with van der Waals surface area (Å²) < 4.78 is 40.6. The van der Waals surface area contributed by atoms with E-state index < -0.39 is 12.8 Å². The van der Waals surface area contributed by atoms with E-state index in [0.717, 1.165) is 38.3 Å². The Morgan fingerprint density at radius 3 is 2.32 bits per heavy atom. The van der Waals surface area contributed by atoms with Crippen LogP contribution in [-0.4, -0.2) is 43.9 Å². The van der Waals surface area contributed by atoms with Crippen molar-refractivity contribution >= 4 is 0 Å². The van der Waals surface area contributed by atoms with E-state index in [1.165, 1.54) is 0 Å². The highest BCUT2D eigenvalue weighted by Crippen LogP contribution is 2.19. The van der Waals surface area contributed by atoms with Crippen LogP contribution in [0.4, 0.5) is 13.2 Å². The van der Waals surface area contributed by atoms with Gasteiger partial charge in [-0.15, -0.1) is 0 Å². The lowest BCUT2D eigenvalue weighted by Crippen LogP contribution is -2.42. The van der Waals surface area contributed by atoms with Crippen LogP contribution in [0.15, 0.2) is 24.3 Å². The third-order valence-electron chi connectivity index (χ3n) is 2.94. The van der Waals surface area contributed by atoms with E-state index >= 15 is 0 Å². The van der Waals surface area contributed by atoms with Crippen LogP contribution in [0.1, 0.15) is 5.56 Å². The molecule has 0 unspecified atom stereocenters. The maximum atomic E-state index is 12.0. The zero-order chi connectivity index (χ0) is 13.7. The summed E-state index contributed by atoms with van der Waals surface area (Å²) in [4.78, 5) is 2.31. The number of piperazine rings is 1. The Hall–Kier alpha value is -1.27. The molecule has 0 radical (unpaired) electrons. The van der Waals surface area contributed by atoms with Crippen LogP contribution < -0.4 is 10.1 Å². The number of hydrogen-bond donors (Lipinski definition) is 1. The molecule has 19 heavy (non-hydrogen) atoms. The van der Waals surface area contributed by atoms with Crippen LogP contribution in [0.2, 0.25) is 0 Å². The zero-order valence-electron chi connectivity index (χ0n) is 10.5. The normalized spacial score (nSPS) is 17.4. The second-order valence-electron chi connectivity index (χ2n) is 4.57. The van der Waals surface area contributed by atoms with Gasteiger partial charge in [-0.3, -0.25) is 4.90 Å². The number of halogens is 3. The number of nitrogens with zero attached hydrogens (tertiary/aromatic N) is 1. The maximum Gasteiger partial charge on any atom is 0.422 e. The van der Waals surface area contributed by atoms with E-state index in [2.05, 4.69) is 15.0 Å². The summed E-state index contributed by atoms with van der Waals surface area (Å²) in [5, 5.41) is 3.27. The number of hydrogen-bond acceptors (Lipinski definition) is 3. The summed E-state index contributed by atoms with van der Waals surface area (Å²) in [7, 11) is 0. The predicted octanol–water partition coefficient (Wildman–Crippen LogP) is 2.03. The second kappa shape index (κ2) is 6.25. The van der Waals surface area contributed by atoms with Crippen molar-refractivity contribution in [3.05, 3.63) is 29.8 Å². The Bertz CT molecular complexity index is 386. The quantitative estimate of drug-likeness (QED) is 0.909. The predicted molar refractivity (Wildman–Crippen MR) is 66.1 cm³/mol. The number of ether oxygens (including phenoxy) is 1. The summed E-state index contributed by atoms with van der Waals surface area (Å²) in [6.45, 7) is 3.52. The van der Waals surface area contributed by atoms with Crippen molar-refractivity contribution in [3.8, 4) is 5.75 Å². The molecule has 0 spiro atoms. The minimum atomic E-state index is -4.29. The lowest BCUT2D eigenvalue weighted by atomic mass is 10.2. The monoisotopic (exact) mass is 274 g/mol. The third kappa shape index (κ3) is 5.08. The lowest BCUT2D eigenvalue weighted by Gasteiger charge is -2.27. The molecule has 0 amide bonds. The molecule has 1 fully saturated rings. The number of benzene rings is 1. The lowest BCUT2D eigenvalue weighted by molar-refractivity contribution is -0.153. The van der Waals surface area contributed by atoms with Crippen molar-refractivity contribution in [1.82, 2.24) is 10.2 Å². The molecule has 0 atom stereocenters. The maximum absolute atomic E-state index is 12.0. The summed E-state index contributed by atoms with van der Waals surface area (Å²) in [6, 6.07) is 6.80. The third-order valence-corrected chi connectivity index (χ3v) is 2.94. The smallest absolute Gasteiger partial charge is 0.422 e. The van der Waals surface area contributed by atoms with Gasteiger partial charge in [0.25, 0.3) is 0 Å². The van der Waals surface area contributed by atoms with E-state index in [9.17, 15) is 13.2 Å². The average Bonchev–Trinajstić information content (AvgIpc) is 2.38.